The van der Waals surface area contributed by atoms with Crippen LogP contribution < -0.4 is 15.8 Å². The Bertz CT molecular complexity index is 977. The molecule has 0 saturated heterocycles. The first-order chi connectivity index (χ1) is 13.5. The number of carbonyl (C=O) groups is 1. The van der Waals surface area contributed by atoms with E-state index in [1.807, 2.05) is 0 Å². The highest BCUT2D eigenvalue weighted by atomic mass is 19.1. The average molecular weight is 383 g/mol. The maximum absolute atomic E-state index is 14.3. The highest BCUT2D eigenvalue weighted by molar-refractivity contribution is 6.06. The Kier molecular flexibility index (Phi) is 4.81. The Morgan fingerprint density at radius 2 is 1.96 bits per heavy atom. The van der Waals surface area contributed by atoms with Gasteiger partial charge in [-0.15, -0.1) is 0 Å². The first-order valence-electron chi connectivity index (χ1n) is 9.06. The van der Waals surface area contributed by atoms with E-state index in [1.54, 1.807) is 18.2 Å². The Labute approximate surface area is 160 Å². The van der Waals surface area contributed by atoms with Crippen LogP contribution in [0.2, 0.25) is 0 Å². The van der Waals surface area contributed by atoms with Crippen LogP contribution in [-0.4, -0.2) is 25.0 Å². The molecule has 1 saturated carbocycles. The standard InChI is InChI=1S/C21H19F2N3O2/c22-16-2-1-3-17(23)19(16)14-8-9-28-18-7-6-13(10-15(14)18)20(27)26-21(24)25-11-12-4-5-12/h1-3,6-8,10,12H,4-5,9,11H2,(H3,24,25,26,27). The molecule has 2 aromatic rings. The van der Waals surface area contributed by atoms with Crippen LogP contribution in [-0.2, 0) is 0 Å². The lowest BCUT2D eigenvalue weighted by atomic mass is 9.93. The van der Waals surface area contributed by atoms with E-state index in [9.17, 15) is 13.6 Å². The van der Waals surface area contributed by atoms with Crippen molar-refractivity contribution in [1.82, 2.24) is 5.32 Å². The normalized spacial score (nSPS) is 16.1. The summed E-state index contributed by atoms with van der Waals surface area (Å²) < 4.78 is 34.1. The summed E-state index contributed by atoms with van der Waals surface area (Å²) in [6.07, 6.45) is 3.87. The molecule has 1 aliphatic heterocycles. The molecule has 28 heavy (non-hydrogen) atoms. The summed E-state index contributed by atoms with van der Waals surface area (Å²) in [7, 11) is 0. The number of rotatable bonds is 4. The second kappa shape index (κ2) is 7.42. The van der Waals surface area contributed by atoms with E-state index in [1.165, 1.54) is 24.3 Å². The van der Waals surface area contributed by atoms with Gasteiger partial charge in [-0.3, -0.25) is 15.1 Å². The Balaban J connectivity index is 1.62. The number of nitrogens with zero attached hydrogens (tertiary/aromatic N) is 1. The predicted molar refractivity (Wildman–Crippen MR) is 102 cm³/mol. The summed E-state index contributed by atoms with van der Waals surface area (Å²) in [4.78, 5) is 16.6. The van der Waals surface area contributed by atoms with Crippen LogP contribution in [0.3, 0.4) is 0 Å². The summed E-state index contributed by atoms with van der Waals surface area (Å²) in [5.74, 6) is -0.733. The largest absolute Gasteiger partial charge is 0.489 e. The third kappa shape index (κ3) is 3.74. The molecule has 0 bridgehead atoms. The highest BCUT2D eigenvalue weighted by Crippen LogP contribution is 2.37. The molecule has 0 aromatic heterocycles. The Hall–Kier alpha value is -3.22. The van der Waals surface area contributed by atoms with Crippen LogP contribution in [0.5, 0.6) is 5.75 Å². The molecule has 2 aliphatic rings. The van der Waals surface area contributed by atoms with Gasteiger partial charge in [0.15, 0.2) is 5.96 Å². The first-order valence-corrected chi connectivity index (χ1v) is 9.06. The molecular formula is C21H19F2N3O2. The third-order valence-electron chi connectivity index (χ3n) is 4.75. The number of hydrogen-bond donors (Lipinski definition) is 2. The molecule has 0 atom stereocenters. The van der Waals surface area contributed by atoms with Gasteiger partial charge in [0.05, 0.1) is 5.56 Å². The SMILES string of the molecule is NC(=NCC1CC1)NC(=O)c1ccc2c(c1)C(c1c(F)cccc1F)=CCO2. The van der Waals surface area contributed by atoms with E-state index in [-0.39, 0.29) is 23.7 Å². The fraction of sp³-hybridized carbons (Fsp3) is 0.238. The van der Waals surface area contributed by atoms with Crippen LogP contribution in [0.25, 0.3) is 5.57 Å². The predicted octanol–water partition coefficient (Wildman–Crippen LogP) is 3.24. The van der Waals surface area contributed by atoms with Crippen molar-refractivity contribution in [2.24, 2.45) is 16.6 Å². The van der Waals surface area contributed by atoms with Gasteiger partial charge in [0.25, 0.3) is 5.91 Å². The van der Waals surface area contributed by atoms with Gasteiger partial charge in [-0.25, -0.2) is 8.78 Å². The Morgan fingerprint density at radius 1 is 1.21 bits per heavy atom. The summed E-state index contributed by atoms with van der Waals surface area (Å²) in [5.41, 5.74) is 6.70. The van der Waals surface area contributed by atoms with Crippen molar-refractivity contribution in [3.63, 3.8) is 0 Å². The van der Waals surface area contributed by atoms with Gasteiger partial charge in [-0.2, -0.15) is 0 Å². The molecule has 4 rings (SSSR count). The third-order valence-corrected chi connectivity index (χ3v) is 4.75. The van der Waals surface area contributed by atoms with Crippen molar-refractivity contribution in [3.8, 4) is 5.75 Å². The van der Waals surface area contributed by atoms with Crippen molar-refractivity contribution < 1.29 is 18.3 Å². The molecule has 7 heteroatoms. The first kappa shape index (κ1) is 18.2. The fourth-order valence-corrected chi connectivity index (χ4v) is 3.08. The van der Waals surface area contributed by atoms with Crippen LogP contribution >= 0.6 is 0 Å². The zero-order valence-electron chi connectivity index (χ0n) is 15.0. The number of benzene rings is 2. The number of amides is 1. The van der Waals surface area contributed by atoms with Crippen molar-refractivity contribution in [2.45, 2.75) is 12.8 Å². The molecule has 0 spiro atoms. The molecule has 2 aromatic carbocycles. The van der Waals surface area contributed by atoms with E-state index >= 15 is 0 Å². The number of nitrogens with one attached hydrogen (secondary N) is 1. The summed E-state index contributed by atoms with van der Waals surface area (Å²) in [6.45, 7) is 0.784. The smallest absolute Gasteiger partial charge is 0.257 e. The Morgan fingerprint density at radius 3 is 2.68 bits per heavy atom. The molecule has 1 heterocycles. The highest BCUT2D eigenvalue weighted by Gasteiger charge is 2.23. The molecule has 5 nitrogen and oxygen atoms in total. The van der Waals surface area contributed by atoms with Crippen LogP contribution in [0.15, 0.2) is 47.5 Å². The lowest BCUT2D eigenvalue weighted by Crippen LogP contribution is -2.37. The minimum absolute atomic E-state index is 0.0572. The van der Waals surface area contributed by atoms with Gasteiger partial charge >= 0.3 is 0 Å². The van der Waals surface area contributed by atoms with Gasteiger partial charge in [-0.05, 0) is 60.7 Å². The molecule has 0 radical (unpaired) electrons. The minimum atomic E-state index is -0.676. The van der Waals surface area contributed by atoms with Gasteiger partial charge in [0.1, 0.15) is 24.0 Å². The quantitative estimate of drug-likeness (QED) is 0.629. The van der Waals surface area contributed by atoms with E-state index in [4.69, 9.17) is 10.5 Å². The van der Waals surface area contributed by atoms with Gasteiger partial charge in [-0.1, -0.05) is 6.07 Å². The number of carbonyl (C=O) groups excluding carboxylic acids is 1. The van der Waals surface area contributed by atoms with Crippen molar-refractivity contribution in [2.75, 3.05) is 13.2 Å². The zero-order valence-corrected chi connectivity index (χ0v) is 15.0. The van der Waals surface area contributed by atoms with Crippen molar-refractivity contribution in [1.29, 1.82) is 0 Å². The number of ether oxygens (including phenoxy) is 1. The molecular weight excluding hydrogens is 364 g/mol. The molecule has 0 unspecified atom stereocenters. The van der Waals surface area contributed by atoms with E-state index < -0.39 is 17.5 Å². The van der Waals surface area contributed by atoms with E-state index in [0.29, 0.717) is 29.3 Å². The molecule has 3 N–H and O–H groups in total. The summed E-state index contributed by atoms with van der Waals surface area (Å²) >= 11 is 0. The topological polar surface area (TPSA) is 76.7 Å². The number of fused-ring (bicyclic) bond motifs is 1. The maximum Gasteiger partial charge on any atom is 0.257 e. The number of nitrogens with two attached hydrogens (primary N) is 1. The number of guanidine groups is 1. The van der Waals surface area contributed by atoms with Crippen LogP contribution in [0.1, 0.15) is 34.3 Å². The van der Waals surface area contributed by atoms with Crippen LogP contribution in [0, 0.1) is 17.6 Å². The van der Waals surface area contributed by atoms with E-state index in [2.05, 4.69) is 10.3 Å². The zero-order chi connectivity index (χ0) is 19.7. The van der Waals surface area contributed by atoms with Gasteiger partial charge in [0, 0.05) is 17.7 Å². The molecule has 1 fully saturated rings. The second-order valence-electron chi connectivity index (χ2n) is 6.86. The number of halogens is 2. The monoisotopic (exact) mass is 383 g/mol. The van der Waals surface area contributed by atoms with Crippen LogP contribution in [0.4, 0.5) is 8.78 Å². The van der Waals surface area contributed by atoms with Crippen molar-refractivity contribution in [3.05, 3.63) is 70.8 Å². The van der Waals surface area contributed by atoms with Crippen molar-refractivity contribution >= 4 is 17.4 Å². The van der Waals surface area contributed by atoms with Gasteiger partial charge in [0.2, 0.25) is 0 Å². The summed E-state index contributed by atoms with van der Waals surface area (Å²) in [5, 5.41) is 2.54. The number of hydrogen-bond acceptors (Lipinski definition) is 3. The van der Waals surface area contributed by atoms with E-state index in [0.717, 1.165) is 12.8 Å². The lowest BCUT2D eigenvalue weighted by Gasteiger charge is -2.20. The fourth-order valence-electron chi connectivity index (χ4n) is 3.08. The maximum atomic E-state index is 14.3. The second-order valence-corrected chi connectivity index (χ2v) is 6.86. The average Bonchev–Trinajstić information content (AvgIpc) is 3.50. The molecule has 1 amide bonds. The molecule has 144 valence electrons. The lowest BCUT2D eigenvalue weighted by molar-refractivity contribution is 0.0976. The summed E-state index contributed by atoms with van der Waals surface area (Å²) in [6, 6.07) is 8.42. The minimum Gasteiger partial charge on any atom is -0.489 e. The van der Waals surface area contributed by atoms with Gasteiger partial charge < -0.3 is 10.5 Å². The number of aliphatic imine (C=N–C) groups is 1. The molecule has 1 aliphatic carbocycles.